The van der Waals surface area contributed by atoms with Crippen molar-refractivity contribution >= 4 is 11.5 Å². The molecular weight excluding hydrogens is 288 g/mol. The minimum Gasteiger partial charge on any atom is -0.393 e. The zero-order valence-electron chi connectivity index (χ0n) is 13.5. The molecule has 0 bridgehead atoms. The molecule has 0 radical (unpaired) electrons. The summed E-state index contributed by atoms with van der Waals surface area (Å²) in [4.78, 5) is 8.57. The third kappa shape index (κ3) is 3.01. The number of aryl methyl sites for hydroxylation is 2. The molecule has 3 rings (SSSR count). The minimum atomic E-state index is 0.0849. The number of hydrogen-bond acceptors (Lipinski definition) is 5. The second kappa shape index (κ2) is 6.08. The lowest BCUT2D eigenvalue weighted by atomic mass is 10.1. The summed E-state index contributed by atoms with van der Waals surface area (Å²) in [6, 6.07) is 12.2. The van der Waals surface area contributed by atoms with Gasteiger partial charge in [-0.3, -0.25) is 0 Å². The molecule has 6 heteroatoms. The molecule has 1 atom stereocenters. The monoisotopic (exact) mass is 308 g/mol. The number of hydrogen-bond donors (Lipinski definition) is 2. The van der Waals surface area contributed by atoms with E-state index >= 15 is 0 Å². The van der Waals surface area contributed by atoms with E-state index in [0.717, 1.165) is 17.0 Å². The van der Waals surface area contributed by atoms with Gasteiger partial charge < -0.3 is 11.1 Å². The molecule has 1 aromatic carbocycles. The highest BCUT2D eigenvalue weighted by molar-refractivity contribution is 5.69. The number of nitrogens with one attached hydrogen (secondary N) is 1. The number of anilines is 2. The van der Waals surface area contributed by atoms with Crippen molar-refractivity contribution < 1.29 is 0 Å². The molecule has 0 aliphatic heterocycles. The van der Waals surface area contributed by atoms with Crippen LogP contribution >= 0.6 is 0 Å². The van der Waals surface area contributed by atoms with Gasteiger partial charge in [-0.1, -0.05) is 30.3 Å². The molecule has 23 heavy (non-hydrogen) atoms. The van der Waals surface area contributed by atoms with Gasteiger partial charge in [-0.25, -0.2) is 14.6 Å². The van der Waals surface area contributed by atoms with E-state index in [1.807, 2.05) is 38.1 Å². The van der Waals surface area contributed by atoms with E-state index in [1.165, 1.54) is 6.33 Å². The van der Waals surface area contributed by atoms with E-state index in [4.69, 9.17) is 5.73 Å². The van der Waals surface area contributed by atoms with E-state index in [1.54, 1.807) is 4.68 Å². The summed E-state index contributed by atoms with van der Waals surface area (Å²) in [7, 11) is 0. The molecule has 0 aliphatic rings. The number of aromatic nitrogens is 4. The van der Waals surface area contributed by atoms with Gasteiger partial charge in [-0.2, -0.15) is 5.10 Å². The summed E-state index contributed by atoms with van der Waals surface area (Å²) in [5.41, 5.74) is 9.83. The van der Waals surface area contributed by atoms with Crippen molar-refractivity contribution in [3.05, 3.63) is 59.7 Å². The van der Waals surface area contributed by atoms with Gasteiger partial charge in [0.1, 0.15) is 12.0 Å². The lowest BCUT2D eigenvalue weighted by Crippen LogP contribution is -2.13. The summed E-state index contributed by atoms with van der Waals surface area (Å²) >= 11 is 0. The highest BCUT2D eigenvalue weighted by atomic mass is 15.3. The first-order chi connectivity index (χ1) is 11.1. The highest BCUT2D eigenvalue weighted by Gasteiger charge is 2.15. The maximum absolute atomic E-state index is 6.27. The Bertz CT molecular complexity index is 809. The largest absolute Gasteiger partial charge is 0.393 e. The SMILES string of the molecule is Cc1cc(C)n(-c2ncnc(NC(C)c3ccccc3)c2N)n1. The Hall–Kier alpha value is -2.89. The zero-order valence-corrected chi connectivity index (χ0v) is 13.5. The summed E-state index contributed by atoms with van der Waals surface area (Å²) in [5, 5.41) is 7.78. The first-order valence-electron chi connectivity index (χ1n) is 7.52. The fraction of sp³-hybridized carbons (Fsp3) is 0.235. The predicted octanol–water partition coefficient (Wildman–Crippen LogP) is 3.03. The standard InChI is InChI=1S/C17H20N6/c1-11-9-12(2)23(22-11)17-15(18)16(19-10-20-17)21-13(3)14-7-5-4-6-8-14/h4-10,13H,18H2,1-3H3,(H,19,20,21). The van der Waals surface area contributed by atoms with E-state index in [-0.39, 0.29) is 6.04 Å². The molecule has 3 N–H and O–H groups in total. The quantitative estimate of drug-likeness (QED) is 0.774. The molecule has 0 spiro atoms. The van der Waals surface area contributed by atoms with E-state index < -0.39 is 0 Å². The third-order valence-electron chi connectivity index (χ3n) is 3.73. The van der Waals surface area contributed by atoms with Gasteiger partial charge in [-0.05, 0) is 32.4 Å². The molecule has 2 aromatic heterocycles. The van der Waals surface area contributed by atoms with Gasteiger partial charge in [0.25, 0.3) is 0 Å². The number of nitrogens with two attached hydrogens (primary N) is 1. The number of nitrogen functional groups attached to an aromatic ring is 1. The topological polar surface area (TPSA) is 81.7 Å². The Labute approximate surface area is 135 Å². The second-order valence-corrected chi connectivity index (χ2v) is 5.58. The van der Waals surface area contributed by atoms with Gasteiger partial charge >= 0.3 is 0 Å². The summed E-state index contributed by atoms with van der Waals surface area (Å²) in [5.74, 6) is 1.20. The van der Waals surface area contributed by atoms with Crippen LogP contribution in [0.1, 0.15) is 29.9 Å². The summed E-state index contributed by atoms with van der Waals surface area (Å²) < 4.78 is 1.74. The van der Waals surface area contributed by atoms with Crippen molar-refractivity contribution in [2.45, 2.75) is 26.8 Å². The number of rotatable bonds is 4. The summed E-state index contributed by atoms with van der Waals surface area (Å²) in [6.07, 6.45) is 1.50. The van der Waals surface area contributed by atoms with Crippen LogP contribution in [0.5, 0.6) is 0 Å². The van der Waals surface area contributed by atoms with E-state index in [2.05, 4.69) is 39.4 Å². The Morgan fingerprint density at radius 1 is 1.13 bits per heavy atom. The Morgan fingerprint density at radius 2 is 1.87 bits per heavy atom. The van der Waals surface area contributed by atoms with Crippen LogP contribution in [0.25, 0.3) is 5.82 Å². The van der Waals surface area contributed by atoms with Crippen LogP contribution in [-0.4, -0.2) is 19.7 Å². The second-order valence-electron chi connectivity index (χ2n) is 5.58. The molecule has 0 saturated heterocycles. The molecule has 3 aromatic rings. The average molecular weight is 308 g/mol. The van der Waals surface area contributed by atoms with E-state index in [9.17, 15) is 0 Å². The van der Waals surface area contributed by atoms with Crippen molar-refractivity contribution in [3.8, 4) is 5.82 Å². The van der Waals surface area contributed by atoms with Crippen molar-refractivity contribution in [2.24, 2.45) is 0 Å². The van der Waals surface area contributed by atoms with E-state index in [0.29, 0.717) is 17.3 Å². The molecule has 0 aliphatic carbocycles. The fourth-order valence-electron chi connectivity index (χ4n) is 2.54. The van der Waals surface area contributed by atoms with Gasteiger partial charge in [-0.15, -0.1) is 0 Å². The van der Waals surface area contributed by atoms with Crippen LogP contribution < -0.4 is 11.1 Å². The Kier molecular flexibility index (Phi) is 3.97. The van der Waals surface area contributed by atoms with Crippen molar-refractivity contribution in [3.63, 3.8) is 0 Å². The van der Waals surface area contributed by atoms with Crippen LogP contribution in [0.3, 0.4) is 0 Å². The zero-order chi connectivity index (χ0) is 16.4. The van der Waals surface area contributed by atoms with Crippen LogP contribution in [0.15, 0.2) is 42.7 Å². The third-order valence-corrected chi connectivity index (χ3v) is 3.73. The molecule has 118 valence electrons. The fourth-order valence-corrected chi connectivity index (χ4v) is 2.54. The lowest BCUT2D eigenvalue weighted by molar-refractivity contribution is 0.800. The van der Waals surface area contributed by atoms with Crippen LogP contribution in [0.2, 0.25) is 0 Å². The molecule has 2 heterocycles. The molecule has 0 amide bonds. The number of benzene rings is 1. The molecule has 6 nitrogen and oxygen atoms in total. The molecule has 1 unspecified atom stereocenters. The first kappa shape index (κ1) is 15.0. The maximum atomic E-state index is 6.27. The van der Waals surface area contributed by atoms with Gasteiger partial charge in [0.05, 0.1) is 11.7 Å². The molecular formula is C17H20N6. The van der Waals surface area contributed by atoms with Crippen LogP contribution in [0, 0.1) is 13.8 Å². The molecule has 0 saturated carbocycles. The van der Waals surface area contributed by atoms with Crippen LogP contribution in [-0.2, 0) is 0 Å². The first-order valence-corrected chi connectivity index (χ1v) is 7.52. The number of nitrogens with zero attached hydrogens (tertiary/aromatic N) is 4. The Balaban J connectivity index is 1.93. The van der Waals surface area contributed by atoms with Gasteiger partial charge in [0, 0.05) is 5.69 Å². The lowest BCUT2D eigenvalue weighted by Gasteiger charge is -2.17. The van der Waals surface area contributed by atoms with Crippen molar-refractivity contribution in [1.29, 1.82) is 0 Å². The average Bonchev–Trinajstić information content (AvgIpc) is 2.88. The van der Waals surface area contributed by atoms with Gasteiger partial charge in [0.2, 0.25) is 0 Å². The maximum Gasteiger partial charge on any atom is 0.182 e. The predicted molar refractivity (Wildman–Crippen MR) is 91.5 cm³/mol. The van der Waals surface area contributed by atoms with Crippen LogP contribution in [0.4, 0.5) is 11.5 Å². The Morgan fingerprint density at radius 3 is 2.52 bits per heavy atom. The smallest absolute Gasteiger partial charge is 0.182 e. The van der Waals surface area contributed by atoms with Crippen molar-refractivity contribution in [2.75, 3.05) is 11.1 Å². The highest BCUT2D eigenvalue weighted by Crippen LogP contribution is 2.26. The van der Waals surface area contributed by atoms with Gasteiger partial charge in [0.15, 0.2) is 11.6 Å². The minimum absolute atomic E-state index is 0.0849. The normalized spacial score (nSPS) is 12.1. The summed E-state index contributed by atoms with van der Waals surface area (Å²) in [6.45, 7) is 5.98. The van der Waals surface area contributed by atoms with Crippen molar-refractivity contribution in [1.82, 2.24) is 19.7 Å². The molecule has 0 fully saturated rings.